The molecule has 6 nitrogen and oxygen atoms in total. The summed E-state index contributed by atoms with van der Waals surface area (Å²) in [5.41, 5.74) is 5.99. The molecule has 18 heavy (non-hydrogen) atoms. The van der Waals surface area contributed by atoms with E-state index >= 15 is 0 Å². The minimum atomic E-state index is -0.284. The van der Waals surface area contributed by atoms with E-state index in [0.29, 0.717) is 21.9 Å². The fourth-order valence-electron chi connectivity index (χ4n) is 1.31. The number of nitrogens with two attached hydrogens (primary N) is 1. The van der Waals surface area contributed by atoms with E-state index in [1.54, 1.807) is 6.07 Å². The van der Waals surface area contributed by atoms with Crippen LogP contribution < -0.4 is 11.3 Å². The second-order valence-electron chi connectivity index (χ2n) is 3.51. The minimum absolute atomic E-state index is 0.185. The maximum absolute atomic E-state index is 11.2. The van der Waals surface area contributed by atoms with Crippen LogP contribution in [0.3, 0.4) is 0 Å². The van der Waals surface area contributed by atoms with Crippen LogP contribution in [-0.4, -0.2) is 19.9 Å². The Labute approximate surface area is 112 Å². The summed E-state index contributed by atoms with van der Waals surface area (Å²) in [7, 11) is 0. The molecule has 2 aromatic rings. The van der Waals surface area contributed by atoms with Gasteiger partial charge in [0.25, 0.3) is 5.56 Å². The van der Waals surface area contributed by atoms with Gasteiger partial charge < -0.3 is 10.7 Å². The molecule has 0 aliphatic rings. The third-order valence-corrected chi connectivity index (χ3v) is 3.01. The van der Waals surface area contributed by atoms with Gasteiger partial charge in [0.1, 0.15) is 16.8 Å². The van der Waals surface area contributed by atoms with Crippen LogP contribution in [0.25, 0.3) is 0 Å². The van der Waals surface area contributed by atoms with Gasteiger partial charge in [0.2, 0.25) is 0 Å². The highest BCUT2D eigenvalue weighted by molar-refractivity contribution is 7.98. The zero-order valence-corrected chi connectivity index (χ0v) is 11.0. The molecule has 0 unspecified atom stereocenters. The number of nitrogens with one attached hydrogen (secondary N) is 1. The third kappa shape index (κ3) is 3.44. The van der Waals surface area contributed by atoms with E-state index < -0.39 is 0 Å². The van der Waals surface area contributed by atoms with Crippen molar-refractivity contribution in [1.29, 1.82) is 0 Å². The first-order valence-electron chi connectivity index (χ1n) is 5.02. The molecule has 0 bridgehead atoms. The quantitative estimate of drug-likeness (QED) is 0.502. The summed E-state index contributed by atoms with van der Waals surface area (Å²) in [5, 5.41) is 0.827. The fraction of sp³-hybridized carbons (Fsp3) is 0.200. The van der Waals surface area contributed by atoms with Crippen molar-refractivity contribution < 1.29 is 0 Å². The lowest BCUT2D eigenvalue weighted by Crippen LogP contribution is -2.09. The number of aromatic nitrogens is 4. The van der Waals surface area contributed by atoms with E-state index in [1.807, 2.05) is 6.92 Å². The van der Waals surface area contributed by atoms with Crippen LogP contribution in [-0.2, 0) is 5.75 Å². The van der Waals surface area contributed by atoms with Crippen molar-refractivity contribution in [2.24, 2.45) is 0 Å². The number of nitrogen functional groups attached to an aromatic ring is 1. The molecule has 2 heterocycles. The van der Waals surface area contributed by atoms with Gasteiger partial charge >= 0.3 is 0 Å². The Morgan fingerprint density at radius 1 is 1.39 bits per heavy atom. The highest BCUT2D eigenvalue weighted by atomic mass is 35.5. The van der Waals surface area contributed by atoms with Crippen molar-refractivity contribution in [2.45, 2.75) is 17.8 Å². The first-order chi connectivity index (χ1) is 8.52. The van der Waals surface area contributed by atoms with E-state index in [4.69, 9.17) is 17.3 Å². The summed E-state index contributed by atoms with van der Waals surface area (Å²) in [6.45, 7) is 1.84. The molecule has 0 saturated carbocycles. The Hall–Kier alpha value is -1.60. The highest BCUT2D eigenvalue weighted by Gasteiger charge is 2.04. The summed E-state index contributed by atoms with van der Waals surface area (Å²) in [6.07, 6.45) is 0. The van der Waals surface area contributed by atoms with Gasteiger partial charge in [-0.25, -0.2) is 15.0 Å². The topological polar surface area (TPSA) is 97.5 Å². The number of H-pyrrole nitrogens is 1. The van der Waals surface area contributed by atoms with E-state index in [1.165, 1.54) is 17.8 Å². The van der Waals surface area contributed by atoms with Gasteiger partial charge in [0, 0.05) is 11.8 Å². The number of hydrogen-bond donors (Lipinski definition) is 2. The van der Waals surface area contributed by atoms with E-state index in [0.717, 1.165) is 5.69 Å². The Morgan fingerprint density at radius 3 is 2.83 bits per heavy atom. The molecule has 0 aliphatic carbocycles. The van der Waals surface area contributed by atoms with Crippen LogP contribution in [0.15, 0.2) is 22.1 Å². The molecule has 94 valence electrons. The molecular formula is C10H10ClN5OS. The van der Waals surface area contributed by atoms with Gasteiger partial charge in [0.15, 0.2) is 5.16 Å². The standard InChI is InChI=1S/C10H10ClN5OS/c1-5-2-6(11)14-8(13-5)4-18-10-15-7(12)3-9(17)16-10/h2-3H,4H2,1H3,(H3,12,15,16,17). The van der Waals surface area contributed by atoms with Crippen LogP contribution in [0.5, 0.6) is 0 Å². The average molecular weight is 284 g/mol. The first-order valence-corrected chi connectivity index (χ1v) is 6.39. The Morgan fingerprint density at radius 2 is 2.17 bits per heavy atom. The summed E-state index contributed by atoms with van der Waals surface area (Å²) in [4.78, 5) is 26.1. The second-order valence-corrected chi connectivity index (χ2v) is 4.86. The van der Waals surface area contributed by atoms with Crippen molar-refractivity contribution in [3.8, 4) is 0 Å². The van der Waals surface area contributed by atoms with E-state index in [9.17, 15) is 4.79 Å². The Bertz CT molecular complexity index is 610. The van der Waals surface area contributed by atoms with Crippen LogP contribution in [0.2, 0.25) is 5.15 Å². The fourth-order valence-corrected chi connectivity index (χ4v) is 2.30. The summed E-state index contributed by atoms with van der Waals surface area (Å²) >= 11 is 7.12. The molecule has 0 fully saturated rings. The molecule has 0 spiro atoms. The molecule has 8 heteroatoms. The zero-order chi connectivity index (χ0) is 13.1. The summed E-state index contributed by atoms with van der Waals surface area (Å²) in [6, 6.07) is 2.90. The van der Waals surface area contributed by atoms with Crippen molar-refractivity contribution in [3.05, 3.63) is 39.2 Å². The van der Waals surface area contributed by atoms with Crippen LogP contribution in [0, 0.1) is 6.92 Å². The largest absolute Gasteiger partial charge is 0.383 e. The number of hydrogen-bond acceptors (Lipinski definition) is 6. The predicted octanol–water partition coefficient (Wildman–Crippen LogP) is 1.40. The molecule has 0 radical (unpaired) electrons. The summed E-state index contributed by atoms with van der Waals surface area (Å²) < 4.78 is 0. The Kier molecular flexibility index (Phi) is 3.83. The molecule has 0 amide bonds. The maximum atomic E-state index is 11.2. The summed E-state index contributed by atoms with van der Waals surface area (Å²) in [5.74, 6) is 1.22. The number of thioether (sulfide) groups is 1. The lowest BCUT2D eigenvalue weighted by Gasteiger charge is -2.02. The third-order valence-electron chi connectivity index (χ3n) is 1.95. The van der Waals surface area contributed by atoms with Gasteiger partial charge in [0.05, 0.1) is 5.75 Å². The van der Waals surface area contributed by atoms with E-state index in [2.05, 4.69) is 19.9 Å². The molecule has 0 atom stereocenters. The van der Waals surface area contributed by atoms with Gasteiger partial charge in [-0.3, -0.25) is 4.79 Å². The monoisotopic (exact) mass is 283 g/mol. The smallest absolute Gasteiger partial charge is 0.253 e. The number of anilines is 1. The van der Waals surface area contributed by atoms with E-state index in [-0.39, 0.29) is 11.4 Å². The molecule has 0 saturated heterocycles. The molecular weight excluding hydrogens is 274 g/mol. The number of nitrogens with zero attached hydrogens (tertiary/aromatic N) is 3. The molecule has 2 rings (SSSR count). The number of aryl methyl sites for hydroxylation is 1. The zero-order valence-electron chi connectivity index (χ0n) is 9.48. The van der Waals surface area contributed by atoms with Crippen molar-refractivity contribution in [3.63, 3.8) is 0 Å². The number of rotatable bonds is 3. The van der Waals surface area contributed by atoms with Crippen LogP contribution in [0.1, 0.15) is 11.5 Å². The Balaban J connectivity index is 2.13. The molecule has 2 aromatic heterocycles. The van der Waals surface area contributed by atoms with Gasteiger partial charge in [-0.05, 0) is 13.0 Å². The van der Waals surface area contributed by atoms with Crippen LogP contribution in [0.4, 0.5) is 5.82 Å². The van der Waals surface area contributed by atoms with Gasteiger partial charge in [-0.15, -0.1) is 0 Å². The number of aromatic amines is 1. The van der Waals surface area contributed by atoms with Gasteiger partial charge in [-0.1, -0.05) is 23.4 Å². The second kappa shape index (κ2) is 5.36. The van der Waals surface area contributed by atoms with Gasteiger partial charge in [-0.2, -0.15) is 0 Å². The lowest BCUT2D eigenvalue weighted by molar-refractivity contribution is 0.936. The maximum Gasteiger partial charge on any atom is 0.253 e. The molecule has 0 aromatic carbocycles. The minimum Gasteiger partial charge on any atom is -0.383 e. The highest BCUT2D eigenvalue weighted by Crippen LogP contribution is 2.18. The SMILES string of the molecule is Cc1cc(Cl)nc(CSc2nc(N)cc(=O)[nH]2)n1. The number of halogens is 1. The lowest BCUT2D eigenvalue weighted by atomic mass is 10.4. The predicted molar refractivity (Wildman–Crippen MR) is 70.6 cm³/mol. The molecule has 3 N–H and O–H groups in total. The first kappa shape index (κ1) is 12.8. The normalized spacial score (nSPS) is 10.6. The average Bonchev–Trinajstić information content (AvgIpc) is 2.23. The van der Waals surface area contributed by atoms with Crippen molar-refractivity contribution >= 4 is 29.2 Å². The van der Waals surface area contributed by atoms with Crippen molar-refractivity contribution in [2.75, 3.05) is 5.73 Å². The van der Waals surface area contributed by atoms with Crippen molar-refractivity contribution in [1.82, 2.24) is 19.9 Å². The molecule has 0 aliphatic heterocycles. The van der Waals surface area contributed by atoms with Crippen LogP contribution >= 0.6 is 23.4 Å².